The molecule has 1 saturated carbocycles. The van der Waals surface area contributed by atoms with Gasteiger partial charge in [0.2, 0.25) is 0 Å². The monoisotopic (exact) mass is 282 g/mol. The van der Waals surface area contributed by atoms with Crippen LogP contribution in [0.2, 0.25) is 0 Å². The van der Waals surface area contributed by atoms with Crippen LogP contribution in [0, 0.1) is 18.8 Å². The van der Waals surface area contributed by atoms with E-state index >= 15 is 0 Å². The first-order chi connectivity index (χ1) is 8.88. The molecule has 0 amide bonds. The van der Waals surface area contributed by atoms with Crippen molar-refractivity contribution in [1.82, 2.24) is 0 Å². The van der Waals surface area contributed by atoms with E-state index in [-0.39, 0.29) is 11.0 Å². The Hall–Kier alpha value is -0.870. The van der Waals surface area contributed by atoms with Gasteiger partial charge < -0.3 is 0 Å². The van der Waals surface area contributed by atoms with Gasteiger partial charge in [-0.25, -0.2) is 0 Å². The molecule has 0 saturated heterocycles. The van der Waals surface area contributed by atoms with Crippen LogP contribution in [0.3, 0.4) is 0 Å². The van der Waals surface area contributed by atoms with Crippen LogP contribution in [0.15, 0.2) is 29.2 Å². The summed E-state index contributed by atoms with van der Waals surface area (Å²) in [6.45, 7) is 6.16. The molecule has 1 fully saturated rings. The quantitative estimate of drug-likeness (QED) is 0.797. The van der Waals surface area contributed by atoms with E-state index in [0.29, 0.717) is 11.8 Å². The van der Waals surface area contributed by atoms with Crippen LogP contribution in [-0.4, -0.2) is 14.5 Å². The summed E-state index contributed by atoms with van der Waals surface area (Å²) in [6.07, 6.45) is 2.84. The predicted octanol–water partition coefficient (Wildman–Crippen LogP) is 3.53. The van der Waals surface area contributed by atoms with Crippen molar-refractivity contribution in [3.8, 4) is 0 Å². The van der Waals surface area contributed by atoms with Crippen molar-refractivity contribution in [3.63, 3.8) is 0 Å². The standard InChI is InChI=1S/C15H22O3S/c1-11-5-8-14(9-6-11)19(16,17)18-15-10-12(2)4-7-13(15)3/h5-6,8-9,12-13,15H,4,7,10H2,1-3H3. The van der Waals surface area contributed by atoms with Crippen molar-refractivity contribution in [2.24, 2.45) is 11.8 Å². The lowest BCUT2D eigenvalue weighted by Crippen LogP contribution is -2.31. The van der Waals surface area contributed by atoms with Gasteiger partial charge in [0, 0.05) is 0 Å². The third kappa shape index (κ3) is 3.57. The maximum atomic E-state index is 12.2. The fourth-order valence-electron chi connectivity index (χ4n) is 2.54. The van der Waals surface area contributed by atoms with Crippen LogP contribution in [-0.2, 0) is 14.3 Å². The number of rotatable bonds is 3. The normalized spacial score (nSPS) is 28.3. The molecule has 3 atom stereocenters. The average molecular weight is 282 g/mol. The van der Waals surface area contributed by atoms with Crippen LogP contribution in [0.4, 0.5) is 0 Å². The van der Waals surface area contributed by atoms with Gasteiger partial charge in [-0.15, -0.1) is 0 Å². The topological polar surface area (TPSA) is 43.4 Å². The summed E-state index contributed by atoms with van der Waals surface area (Å²) in [6, 6.07) is 6.81. The average Bonchev–Trinajstić information content (AvgIpc) is 2.34. The molecule has 0 radical (unpaired) electrons. The molecule has 1 aliphatic carbocycles. The van der Waals surface area contributed by atoms with E-state index in [1.54, 1.807) is 24.3 Å². The molecule has 2 rings (SSSR count). The van der Waals surface area contributed by atoms with Crippen molar-refractivity contribution in [3.05, 3.63) is 29.8 Å². The van der Waals surface area contributed by atoms with Crippen molar-refractivity contribution in [2.75, 3.05) is 0 Å². The van der Waals surface area contributed by atoms with Crippen LogP contribution < -0.4 is 0 Å². The van der Waals surface area contributed by atoms with Gasteiger partial charge in [0.15, 0.2) is 0 Å². The van der Waals surface area contributed by atoms with E-state index in [2.05, 4.69) is 13.8 Å². The van der Waals surface area contributed by atoms with Gasteiger partial charge in [0.25, 0.3) is 10.1 Å². The van der Waals surface area contributed by atoms with Crippen molar-refractivity contribution < 1.29 is 12.6 Å². The van der Waals surface area contributed by atoms with E-state index in [1.165, 1.54) is 0 Å². The van der Waals surface area contributed by atoms with Gasteiger partial charge in [0.05, 0.1) is 11.0 Å². The third-order valence-electron chi connectivity index (χ3n) is 3.94. The largest absolute Gasteiger partial charge is 0.297 e. The second kappa shape index (κ2) is 5.63. The zero-order valence-corrected chi connectivity index (χ0v) is 12.6. The SMILES string of the molecule is Cc1ccc(S(=O)(=O)OC2CC(C)CCC2C)cc1. The molecule has 1 aromatic rings. The highest BCUT2D eigenvalue weighted by molar-refractivity contribution is 7.86. The highest BCUT2D eigenvalue weighted by Gasteiger charge is 2.31. The van der Waals surface area contributed by atoms with Gasteiger partial charge in [-0.3, -0.25) is 4.18 Å². The molecule has 0 spiro atoms. The highest BCUT2D eigenvalue weighted by atomic mass is 32.2. The molecule has 0 aromatic heterocycles. The first-order valence-corrected chi connectivity index (χ1v) is 8.29. The molecule has 4 heteroatoms. The molecular formula is C15H22O3S. The first kappa shape index (κ1) is 14.5. The number of hydrogen-bond acceptors (Lipinski definition) is 3. The van der Waals surface area contributed by atoms with Crippen LogP contribution in [0.1, 0.15) is 38.7 Å². The summed E-state index contributed by atoms with van der Waals surface area (Å²) < 4.78 is 29.9. The Morgan fingerprint density at radius 2 is 1.74 bits per heavy atom. The van der Waals surface area contributed by atoms with E-state index in [0.717, 1.165) is 24.8 Å². The molecule has 106 valence electrons. The Morgan fingerprint density at radius 3 is 2.37 bits per heavy atom. The fraction of sp³-hybridized carbons (Fsp3) is 0.600. The Labute approximate surface area is 116 Å². The summed E-state index contributed by atoms with van der Waals surface area (Å²) in [7, 11) is -3.63. The molecule has 0 N–H and O–H groups in total. The maximum Gasteiger partial charge on any atom is 0.297 e. The van der Waals surface area contributed by atoms with Gasteiger partial charge in [-0.2, -0.15) is 8.42 Å². The zero-order valence-electron chi connectivity index (χ0n) is 11.8. The maximum absolute atomic E-state index is 12.2. The van der Waals surface area contributed by atoms with Crippen LogP contribution >= 0.6 is 0 Å². The molecule has 0 heterocycles. The minimum Gasteiger partial charge on any atom is -0.263 e. The Morgan fingerprint density at radius 1 is 1.11 bits per heavy atom. The predicted molar refractivity (Wildman–Crippen MR) is 75.4 cm³/mol. The Bertz CT molecular complexity index is 519. The van der Waals surface area contributed by atoms with Crippen LogP contribution in [0.5, 0.6) is 0 Å². The minimum atomic E-state index is -3.63. The summed E-state index contributed by atoms with van der Waals surface area (Å²) in [5.74, 6) is 0.839. The van der Waals surface area contributed by atoms with E-state index in [4.69, 9.17) is 4.18 Å². The molecule has 1 aliphatic rings. The molecule has 1 aromatic carbocycles. The summed E-state index contributed by atoms with van der Waals surface area (Å²) in [4.78, 5) is 0.253. The molecular weight excluding hydrogens is 260 g/mol. The summed E-state index contributed by atoms with van der Waals surface area (Å²) in [5, 5.41) is 0. The minimum absolute atomic E-state index is 0.185. The smallest absolute Gasteiger partial charge is 0.263 e. The number of hydrogen-bond donors (Lipinski definition) is 0. The van der Waals surface area contributed by atoms with E-state index in [1.807, 2.05) is 6.92 Å². The molecule has 19 heavy (non-hydrogen) atoms. The van der Waals surface area contributed by atoms with E-state index < -0.39 is 10.1 Å². The van der Waals surface area contributed by atoms with Gasteiger partial charge in [0.1, 0.15) is 0 Å². The lowest BCUT2D eigenvalue weighted by atomic mass is 9.82. The lowest BCUT2D eigenvalue weighted by molar-refractivity contribution is 0.0851. The third-order valence-corrected chi connectivity index (χ3v) is 5.29. The molecule has 0 aliphatic heterocycles. The first-order valence-electron chi connectivity index (χ1n) is 6.88. The van der Waals surface area contributed by atoms with Gasteiger partial charge in [-0.05, 0) is 43.7 Å². The molecule has 3 nitrogen and oxygen atoms in total. The zero-order chi connectivity index (χ0) is 14.0. The van der Waals surface area contributed by atoms with Crippen molar-refractivity contribution >= 4 is 10.1 Å². The number of benzene rings is 1. The lowest BCUT2D eigenvalue weighted by Gasteiger charge is -2.31. The second-order valence-corrected chi connectivity index (χ2v) is 7.37. The van der Waals surface area contributed by atoms with Crippen molar-refractivity contribution in [2.45, 2.75) is 51.0 Å². The second-order valence-electron chi connectivity index (χ2n) is 5.80. The Balaban J connectivity index is 2.14. The van der Waals surface area contributed by atoms with Gasteiger partial charge in [-0.1, -0.05) is 38.0 Å². The Kier molecular flexibility index (Phi) is 4.31. The van der Waals surface area contributed by atoms with E-state index in [9.17, 15) is 8.42 Å². The molecule has 3 unspecified atom stereocenters. The summed E-state index contributed by atoms with van der Waals surface area (Å²) in [5.41, 5.74) is 1.04. The number of aryl methyl sites for hydroxylation is 1. The van der Waals surface area contributed by atoms with Crippen molar-refractivity contribution in [1.29, 1.82) is 0 Å². The molecule has 0 bridgehead atoms. The van der Waals surface area contributed by atoms with Gasteiger partial charge >= 0.3 is 0 Å². The fourth-order valence-corrected chi connectivity index (χ4v) is 3.71. The highest BCUT2D eigenvalue weighted by Crippen LogP contribution is 2.32. The van der Waals surface area contributed by atoms with Crippen LogP contribution in [0.25, 0.3) is 0 Å². The summed E-state index contributed by atoms with van der Waals surface area (Å²) >= 11 is 0.